The molecule has 1 aliphatic rings. The Kier molecular flexibility index (Phi) is 19.1. The molecule has 3 atom stereocenters. The van der Waals surface area contributed by atoms with Crippen molar-refractivity contribution in [2.24, 2.45) is 5.92 Å². The van der Waals surface area contributed by atoms with Gasteiger partial charge in [0.25, 0.3) is 5.91 Å². The van der Waals surface area contributed by atoms with E-state index in [1.807, 2.05) is 49.5 Å². The lowest BCUT2D eigenvalue weighted by Crippen LogP contribution is -2.68. The van der Waals surface area contributed by atoms with Crippen LogP contribution in [0.2, 0.25) is 23.2 Å². The van der Waals surface area contributed by atoms with Gasteiger partial charge in [0.05, 0.1) is 31.0 Å². The summed E-state index contributed by atoms with van der Waals surface area (Å²) in [4.78, 5) is 68.9. The Bertz CT molecular complexity index is 2570. The van der Waals surface area contributed by atoms with Crippen molar-refractivity contribution in [3.63, 3.8) is 0 Å². The summed E-state index contributed by atoms with van der Waals surface area (Å²) in [5.74, 6) is -1.05. The van der Waals surface area contributed by atoms with Crippen molar-refractivity contribution in [2.45, 2.75) is 124 Å². The van der Waals surface area contributed by atoms with E-state index >= 15 is 0 Å². The number of carbonyl (C=O) groups excluding carboxylic acids is 5. The van der Waals surface area contributed by atoms with Crippen LogP contribution in [0.4, 0.5) is 21.0 Å². The van der Waals surface area contributed by atoms with Crippen LogP contribution < -0.4 is 40.8 Å². The summed E-state index contributed by atoms with van der Waals surface area (Å²) in [5, 5.41) is 12.4. The summed E-state index contributed by atoms with van der Waals surface area (Å²) in [5.41, 5.74) is 2.38. The average Bonchev–Trinajstić information content (AvgIpc) is 3.72. The minimum absolute atomic E-state index is 0.0178. The van der Waals surface area contributed by atoms with Gasteiger partial charge in [0.2, 0.25) is 11.8 Å². The first-order valence-electron chi connectivity index (χ1n) is 24.7. The molecule has 0 saturated heterocycles. The second-order valence-electron chi connectivity index (χ2n) is 21.3. The molecule has 0 aliphatic carbocycles. The Morgan fingerprint density at radius 1 is 0.767 bits per heavy atom. The van der Waals surface area contributed by atoms with Crippen molar-refractivity contribution in [1.82, 2.24) is 15.5 Å². The Hall–Kier alpha value is -6.70. The molecule has 73 heavy (non-hydrogen) atoms. The number of amides is 5. The first kappa shape index (κ1) is 57.2. The number of hydrogen-bond donors (Lipinski definition) is 4. The number of methoxy groups -OCH3 is 1. The van der Waals surface area contributed by atoms with Crippen LogP contribution in [-0.4, -0.2) is 89.9 Å². The SMILES string of the molecule is C=CCOC(=O)N[C@H](C(=O)N[C@@H](C)C(=O)Nc1ccc(COC(=O)Nc2cc(O[Si](c3ccccc3)(c3ccccc3)C(C)(C)C)c(OC)cc2C(=O)N2C=C(C)C[C@H]2CO[Si](C)(C)C(C)(C)C)cc1)C(C)C. The number of nitrogens with zero attached hydrogens (tertiary/aromatic N) is 1. The third kappa shape index (κ3) is 14.3. The van der Waals surface area contributed by atoms with Gasteiger partial charge >= 0.3 is 20.5 Å². The molecule has 4 aromatic rings. The highest BCUT2D eigenvalue weighted by Crippen LogP contribution is 2.43. The zero-order valence-electron chi connectivity index (χ0n) is 44.8. The normalized spacial score (nSPS) is 14.8. The number of nitrogens with one attached hydrogen (secondary N) is 4. The standard InChI is InChI=1S/C56H75N5O10Si2/c1-15-30-68-54(66)60-49(37(2)3)51(63)57-39(5)50(62)58-41-28-26-40(27-29-41)35-69-53(65)59-46-33-48(71-73(56(9,10)11,43-22-18-16-19-23-43)44-24-20-17-21-25-44)47(67-12)32-45(46)52(64)61-34-38(4)31-42(61)36-70-72(13,14)55(6,7)8/h15-29,32-34,37,39,42,49H,1,30-31,35-36H2,2-14H3,(H,57,63)(H,58,62)(H,59,65)(H,60,66)/t39-,42-,49-/m0/s1. The molecule has 1 aliphatic heterocycles. The first-order valence-corrected chi connectivity index (χ1v) is 29.5. The van der Waals surface area contributed by atoms with Gasteiger partial charge in [0.1, 0.15) is 31.0 Å². The Morgan fingerprint density at radius 2 is 1.37 bits per heavy atom. The van der Waals surface area contributed by atoms with Crippen LogP contribution in [0.25, 0.3) is 0 Å². The van der Waals surface area contributed by atoms with Crippen molar-refractivity contribution < 1.29 is 47.0 Å². The van der Waals surface area contributed by atoms with E-state index in [-0.39, 0.29) is 47.4 Å². The summed E-state index contributed by atoms with van der Waals surface area (Å²) in [7, 11) is -3.89. The van der Waals surface area contributed by atoms with E-state index < -0.39 is 57.8 Å². The smallest absolute Gasteiger partial charge is 0.411 e. The number of ether oxygens (including phenoxy) is 3. The largest absolute Gasteiger partial charge is 0.531 e. The summed E-state index contributed by atoms with van der Waals surface area (Å²) < 4.78 is 30.9. The maximum Gasteiger partial charge on any atom is 0.411 e. The molecule has 0 spiro atoms. The molecule has 0 saturated carbocycles. The molecule has 5 rings (SSSR count). The number of anilines is 2. The molecular weight excluding hydrogens is 959 g/mol. The minimum Gasteiger partial charge on any atom is -0.531 e. The summed E-state index contributed by atoms with van der Waals surface area (Å²) in [6.07, 6.45) is 2.28. The second kappa shape index (κ2) is 24.4. The van der Waals surface area contributed by atoms with Crippen LogP contribution in [0.1, 0.15) is 91.6 Å². The summed E-state index contributed by atoms with van der Waals surface area (Å²) in [6, 6.07) is 28.0. The zero-order valence-corrected chi connectivity index (χ0v) is 46.8. The van der Waals surface area contributed by atoms with Crippen LogP contribution in [0, 0.1) is 5.92 Å². The third-order valence-electron chi connectivity index (χ3n) is 13.3. The van der Waals surface area contributed by atoms with Crippen molar-refractivity contribution in [3.05, 3.63) is 133 Å². The lowest BCUT2D eigenvalue weighted by molar-refractivity contribution is -0.128. The molecular formula is C56H75N5O10Si2. The van der Waals surface area contributed by atoms with Crippen LogP contribution in [-0.2, 0) is 30.1 Å². The summed E-state index contributed by atoms with van der Waals surface area (Å²) in [6.45, 7) is 28.1. The number of rotatable bonds is 20. The van der Waals surface area contributed by atoms with Gasteiger partial charge in [-0.3, -0.25) is 19.7 Å². The van der Waals surface area contributed by atoms with Crippen molar-refractivity contribution in [3.8, 4) is 11.5 Å². The van der Waals surface area contributed by atoms with E-state index in [1.165, 1.54) is 20.1 Å². The van der Waals surface area contributed by atoms with E-state index in [1.54, 1.807) is 55.1 Å². The van der Waals surface area contributed by atoms with Gasteiger partial charge in [0, 0.05) is 18.0 Å². The molecule has 1 heterocycles. The predicted octanol–water partition coefficient (Wildman–Crippen LogP) is 9.90. The molecule has 0 aromatic heterocycles. The maximum absolute atomic E-state index is 15.0. The van der Waals surface area contributed by atoms with Crippen LogP contribution in [0.5, 0.6) is 11.5 Å². The molecule has 5 amide bonds. The first-order chi connectivity index (χ1) is 34.3. The number of benzene rings is 4. The lowest BCUT2D eigenvalue weighted by atomic mass is 10.0. The van der Waals surface area contributed by atoms with Crippen LogP contribution >= 0.6 is 0 Å². The fourth-order valence-electron chi connectivity index (χ4n) is 8.22. The highest BCUT2D eigenvalue weighted by molar-refractivity contribution is 7.00. The van der Waals surface area contributed by atoms with E-state index in [4.69, 9.17) is 23.1 Å². The Balaban J connectivity index is 1.42. The van der Waals surface area contributed by atoms with Gasteiger partial charge in [-0.1, -0.05) is 146 Å². The van der Waals surface area contributed by atoms with Gasteiger partial charge in [-0.15, -0.1) is 0 Å². The lowest BCUT2D eigenvalue weighted by Gasteiger charge is -2.43. The molecule has 4 aromatic carbocycles. The molecule has 392 valence electrons. The fourth-order valence-corrected chi connectivity index (χ4v) is 13.7. The monoisotopic (exact) mass is 1030 g/mol. The van der Waals surface area contributed by atoms with Gasteiger partial charge in [-0.2, -0.15) is 0 Å². The van der Waals surface area contributed by atoms with Gasteiger partial charge in [-0.05, 0) is 83.5 Å². The topological polar surface area (TPSA) is 183 Å². The zero-order chi connectivity index (χ0) is 53.9. The Labute approximate surface area is 433 Å². The Morgan fingerprint density at radius 3 is 1.90 bits per heavy atom. The maximum atomic E-state index is 15.0. The van der Waals surface area contributed by atoms with Gasteiger partial charge in [-0.25, -0.2) is 9.59 Å². The van der Waals surface area contributed by atoms with Crippen molar-refractivity contribution in [2.75, 3.05) is 31.0 Å². The fraction of sp³-hybridized carbons (Fsp3) is 0.411. The molecule has 0 bridgehead atoms. The highest BCUT2D eigenvalue weighted by Gasteiger charge is 2.52. The molecule has 4 N–H and O–H groups in total. The minimum atomic E-state index is -3.25. The van der Waals surface area contributed by atoms with E-state index in [0.29, 0.717) is 35.8 Å². The van der Waals surface area contributed by atoms with Gasteiger partial charge < -0.3 is 43.9 Å². The predicted molar refractivity (Wildman–Crippen MR) is 293 cm³/mol. The molecule has 15 nitrogen and oxygen atoms in total. The third-order valence-corrected chi connectivity index (χ3v) is 22.8. The van der Waals surface area contributed by atoms with E-state index in [9.17, 15) is 24.0 Å². The highest BCUT2D eigenvalue weighted by atomic mass is 28.4. The number of alkyl carbamates (subject to hydrolysis) is 1. The van der Waals surface area contributed by atoms with Gasteiger partial charge in [0.15, 0.2) is 14.1 Å². The van der Waals surface area contributed by atoms with Crippen molar-refractivity contribution in [1.29, 1.82) is 0 Å². The van der Waals surface area contributed by atoms with E-state index in [2.05, 4.69) is 107 Å². The average molecular weight is 1030 g/mol. The van der Waals surface area contributed by atoms with Crippen LogP contribution in [0.3, 0.4) is 0 Å². The quantitative estimate of drug-likeness (QED) is 0.0491. The van der Waals surface area contributed by atoms with Crippen LogP contribution in [0.15, 0.2) is 121 Å². The molecule has 0 fully saturated rings. The molecule has 0 unspecified atom stereocenters. The number of carbonyl (C=O) groups is 5. The van der Waals surface area contributed by atoms with Crippen molar-refractivity contribution >= 4 is 68.3 Å². The van der Waals surface area contributed by atoms with E-state index in [0.717, 1.165) is 15.9 Å². The molecule has 17 heteroatoms. The summed E-state index contributed by atoms with van der Waals surface area (Å²) >= 11 is 0. The number of hydrogen-bond acceptors (Lipinski definition) is 10. The second-order valence-corrected chi connectivity index (χ2v) is 30.3. The molecule has 0 radical (unpaired) electrons.